The van der Waals surface area contributed by atoms with Crippen molar-refractivity contribution in [2.24, 2.45) is 0 Å². The van der Waals surface area contributed by atoms with Crippen LogP contribution in [0, 0.1) is 0 Å². The highest BCUT2D eigenvalue weighted by Gasteiger charge is 2.01. The van der Waals surface area contributed by atoms with Gasteiger partial charge in [-0.1, -0.05) is 22.0 Å². The normalized spacial score (nSPS) is 10.1. The summed E-state index contributed by atoms with van der Waals surface area (Å²) in [6.07, 6.45) is 1.46. The van der Waals surface area contributed by atoms with E-state index in [2.05, 4.69) is 36.5 Å². The molecule has 0 spiro atoms. The fraction of sp³-hybridized carbons (Fsp3) is 0.154. The molecule has 1 heterocycles. The second-order valence-electron chi connectivity index (χ2n) is 3.99. The highest BCUT2D eigenvalue weighted by molar-refractivity contribution is 9.10. The molecule has 2 aromatic rings. The summed E-state index contributed by atoms with van der Waals surface area (Å²) < 4.78 is 0.969. The van der Waals surface area contributed by atoms with E-state index in [1.807, 2.05) is 24.3 Å². The zero-order chi connectivity index (χ0) is 14.4. The van der Waals surface area contributed by atoms with E-state index in [0.717, 1.165) is 10.2 Å². The van der Waals surface area contributed by atoms with Gasteiger partial charge in [-0.2, -0.15) is 0 Å². The van der Waals surface area contributed by atoms with Gasteiger partial charge in [0.05, 0.1) is 6.42 Å². The van der Waals surface area contributed by atoms with Gasteiger partial charge in [-0.25, -0.2) is 9.97 Å². The van der Waals surface area contributed by atoms with Crippen molar-refractivity contribution in [2.75, 3.05) is 17.2 Å². The molecule has 1 aromatic heterocycles. The van der Waals surface area contributed by atoms with E-state index in [0.29, 0.717) is 18.2 Å². The third-order valence-electron chi connectivity index (χ3n) is 2.41. The van der Waals surface area contributed by atoms with Gasteiger partial charge in [0.25, 0.3) is 0 Å². The molecule has 3 N–H and O–H groups in total. The van der Waals surface area contributed by atoms with E-state index in [9.17, 15) is 4.79 Å². The maximum Gasteiger partial charge on any atom is 0.305 e. The largest absolute Gasteiger partial charge is 0.481 e. The van der Waals surface area contributed by atoms with Gasteiger partial charge < -0.3 is 15.7 Å². The highest BCUT2D eigenvalue weighted by Crippen LogP contribution is 2.20. The topological polar surface area (TPSA) is 87.1 Å². The molecule has 0 saturated heterocycles. The second-order valence-corrected chi connectivity index (χ2v) is 4.91. The van der Waals surface area contributed by atoms with Crippen LogP contribution >= 0.6 is 15.9 Å². The van der Waals surface area contributed by atoms with Crippen LogP contribution in [0.5, 0.6) is 0 Å². The van der Waals surface area contributed by atoms with Crippen LogP contribution in [0.25, 0.3) is 0 Å². The van der Waals surface area contributed by atoms with E-state index < -0.39 is 5.97 Å². The van der Waals surface area contributed by atoms with Gasteiger partial charge in [0.1, 0.15) is 18.0 Å². The van der Waals surface area contributed by atoms with Crippen LogP contribution < -0.4 is 10.6 Å². The molecule has 7 heteroatoms. The van der Waals surface area contributed by atoms with Gasteiger partial charge in [-0.15, -0.1) is 0 Å². The number of carboxylic acid groups (broad SMARTS) is 1. The Balaban J connectivity index is 2.00. The van der Waals surface area contributed by atoms with Gasteiger partial charge in [0.15, 0.2) is 0 Å². The first-order valence-electron chi connectivity index (χ1n) is 5.94. The van der Waals surface area contributed by atoms with Crippen molar-refractivity contribution < 1.29 is 9.90 Å². The molecule has 0 aliphatic carbocycles. The molecule has 0 aliphatic rings. The minimum absolute atomic E-state index is 0.0401. The van der Waals surface area contributed by atoms with Gasteiger partial charge in [-0.3, -0.25) is 4.79 Å². The maximum atomic E-state index is 10.4. The summed E-state index contributed by atoms with van der Waals surface area (Å²) in [6, 6.07) is 9.43. The quantitative estimate of drug-likeness (QED) is 0.751. The van der Waals surface area contributed by atoms with Crippen LogP contribution in [0.4, 0.5) is 17.3 Å². The maximum absolute atomic E-state index is 10.4. The van der Waals surface area contributed by atoms with Crippen molar-refractivity contribution in [2.45, 2.75) is 6.42 Å². The average molecular weight is 337 g/mol. The van der Waals surface area contributed by atoms with Crippen LogP contribution in [0.1, 0.15) is 6.42 Å². The number of aliphatic carboxylic acids is 1. The Labute approximate surface area is 124 Å². The third kappa shape index (κ3) is 4.51. The predicted molar refractivity (Wildman–Crippen MR) is 80.2 cm³/mol. The van der Waals surface area contributed by atoms with Crippen LogP contribution in [-0.2, 0) is 4.79 Å². The lowest BCUT2D eigenvalue weighted by Gasteiger charge is -2.08. The lowest BCUT2D eigenvalue weighted by Crippen LogP contribution is -2.09. The van der Waals surface area contributed by atoms with E-state index >= 15 is 0 Å². The number of nitrogens with zero attached hydrogens (tertiary/aromatic N) is 2. The fourth-order valence-corrected chi connectivity index (χ4v) is 1.93. The lowest BCUT2D eigenvalue weighted by molar-refractivity contribution is -0.136. The summed E-state index contributed by atoms with van der Waals surface area (Å²) >= 11 is 3.40. The van der Waals surface area contributed by atoms with Gasteiger partial charge in [0, 0.05) is 22.8 Å². The Bertz CT molecular complexity index is 606. The number of hydrogen-bond acceptors (Lipinski definition) is 5. The first-order valence-corrected chi connectivity index (χ1v) is 6.73. The summed E-state index contributed by atoms with van der Waals surface area (Å²) in [5, 5.41) is 14.7. The van der Waals surface area contributed by atoms with Crippen molar-refractivity contribution >= 4 is 39.2 Å². The molecule has 0 saturated carbocycles. The standard InChI is InChI=1S/C13H13BrN4O2/c14-9-2-1-3-10(6-9)18-12-7-11(16-8-17-12)15-5-4-13(19)20/h1-3,6-8H,4-5H2,(H,19,20)(H2,15,16,17,18). The molecular formula is C13H13BrN4O2. The Morgan fingerprint density at radius 2 is 2.05 bits per heavy atom. The Morgan fingerprint density at radius 3 is 2.80 bits per heavy atom. The summed E-state index contributed by atoms with van der Waals surface area (Å²) in [5.74, 6) is 0.369. The minimum atomic E-state index is -0.848. The van der Waals surface area contributed by atoms with Gasteiger partial charge in [-0.05, 0) is 18.2 Å². The Hall–Kier alpha value is -2.15. The highest BCUT2D eigenvalue weighted by atomic mass is 79.9. The van der Waals surface area contributed by atoms with E-state index in [4.69, 9.17) is 5.11 Å². The SMILES string of the molecule is O=C(O)CCNc1cc(Nc2cccc(Br)c2)ncn1. The van der Waals surface area contributed by atoms with Crippen LogP contribution in [0.15, 0.2) is 41.1 Å². The number of rotatable bonds is 6. The minimum Gasteiger partial charge on any atom is -0.481 e. The zero-order valence-corrected chi connectivity index (χ0v) is 12.1. The number of nitrogens with one attached hydrogen (secondary N) is 2. The van der Waals surface area contributed by atoms with E-state index in [1.54, 1.807) is 6.07 Å². The van der Waals surface area contributed by atoms with E-state index in [1.165, 1.54) is 6.33 Å². The molecule has 0 amide bonds. The van der Waals surface area contributed by atoms with Crippen molar-refractivity contribution in [3.8, 4) is 0 Å². The smallest absolute Gasteiger partial charge is 0.305 e. The monoisotopic (exact) mass is 336 g/mol. The fourth-order valence-electron chi connectivity index (χ4n) is 1.53. The molecule has 2 rings (SSSR count). The first kappa shape index (κ1) is 14.3. The average Bonchev–Trinajstić information content (AvgIpc) is 2.39. The van der Waals surface area contributed by atoms with E-state index in [-0.39, 0.29) is 6.42 Å². The summed E-state index contributed by atoms with van der Waals surface area (Å²) in [7, 11) is 0. The number of carbonyl (C=O) groups is 1. The molecule has 0 fully saturated rings. The molecule has 0 radical (unpaired) electrons. The van der Waals surface area contributed by atoms with Crippen LogP contribution in [0.3, 0.4) is 0 Å². The van der Waals surface area contributed by atoms with Crippen LogP contribution in [0.2, 0.25) is 0 Å². The molecule has 104 valence electrons. The lowest BCUT2D eigenvalue weighted by atomic mass is 10.3. The third-order valence-corrected chi connectivity index (χ3v) is 2.90. The number of hydrogen-bond donors (Lipinski definition) is 3. The molecular weight excluding hydrogens is 324 g/mol. The Kier molecular flexibility index (Phi) is 4.89. The number of anilines is 3. The molecule has 0 atom stereocenters. The van der Waals surface area contributed by atoms with Gasteiger partial charge >= 0.3 is 5.97 Å². The van der Waals surface area contributed by atoms with Crippen LogP contribution in [-0.4, -0.2) is 27.6 Å². The Morgan fingerprint density at radius 1 is 1.25 bits per heavy atom. The number of benzene rings is 1. The summed E-state index contributed by atoms with van der Waals surface area (Å²) in [6.45, 7) is 0.322. The molecule has 0 bridgehead atoms. The molecule has 20 heavy (non-hydrogen) atoms. The zero-order valence-electron chi connectivity index (χ0n) is 10.5. The van der Waals surface area contributed by atoms with Gasteiger partial charge in [0.2, 0.25) is 0 Å². The summed E-state index contributed by atoms with van der Waals surface area (Å²) in [5.41, 5.74) is 0.898. The van der Waals surface area contributed by atoms with Crippen molar-refractivity contribution in [3.05, 3.63) is 41.1 Å². The molecule has 6 nitrogen and oxygen atoms in total. The molecule has 0 unspecified atom stereocenters. The predicted octanol–water partition coefficient (Wildman–Crippen LogP) is 2.87. The number of aromatic nitrogens is 2. The first-order chi connectivity index (χ1) is 9.63. The molecule has 0 aliphatic heterocycles. The molecule has 1 aromatic carbocycles. The number of carboxylic acids is 1. The summed E-state index contributed by atoms with van der Waals surface area (Å²) in [4.78, 5) is 18.6. The second kappa shape index (κ2) is 6.85. The van der Waals surface area contributed by atoms with Crippen molar-refractivity contribution in [3.63, 3.8) is 0 Å². The van der Waals surface area contributed by atoms with Crippen molar-refractivity contribution in [1.82, 2.24) is 9.97 Å². The number of halogens is 1. The van der Waals surface area contributed by atoms with Crippen molar-refractivity contribution in [1.29, 1.82) is 0 Å².